The van der Waals surface area contributed by atoms with Crippen LogP contribution >= 0.6 is 0 Å². The molecule has 1 aromatic carbocycles. The molecular weight excluding hydrogens is 226 g/mol. The normalized spacial score (nSPS) is 25.9. The molecule has 18 heavy (non-hydrogen) atoms. The maximum Gasteiger partial charge on any atom is 0.126 e. The van der Waals surface area contributed by atoms with Crippen LogP contribution in [0.4, 0.5) is 0 Å². The van der Waals surface area contributed by atoms with Gasteiger partial charge in [0.1, 0.15) is 11.5 Å². The summed E-state index contributed by atoms with van der Waals surface area (Å²) in [5.41, 5.74) is 1.55. The first kappa shape index (κ1) is 13.2. The summed E-state index contributed by atoms with van der Waals surface area (Å²) in [5, 5.41) is 3.43. The second-order valence-corrected chi connectivity index (χ2v) is 5.19. The zero-order valence-corrected chi connectivity index (χ0v) is 11.7. The maximum absolute atomic E-state index is 5.51. The van der Waals surface area contributed by atoms with E-state index < -0.39 is 0 Å². The van der Waals surface area contributed by atoms with Gasteiger partial charge in [0.2, 0.25) is 0 Å². The minimum absolute atomic E-state index is 0.250. The van der Waals surface area contributed by atoms with Crippen LogP contribution in [0, 0.1) is 5.92 Å². The third kappa shape index (κ3) is 2.32. The molecule has 1 aliphatic carbocycles. The van der Waals surface area contributed by atoms with Gasteiger partial charge in [0.15, 0.2) is 0 Å². The van der Waals surface area contributed by atoms with Crippen LogP contribution in [0.1, 0.15) is 25.8 Å². The van der Waals surface area contributed by atoms with Crippen molar-refractivity contribution in [1.82, 2.24) is 5.32 Å². The minimum atomic E-state index is 0.250. The molecule has 1 aliphatic rings. The number of benzene rings is 1. The number of methoxy groups -OCH3 is 2. The van der Waals surface area contributed by atoms with Crippen molar-refractivity contribution in [2.75, 3.05) is 27.3 Å². The summed E-state index contributed by atoms with van der Waals surface area (Å²) in [6, 6.07) is 6.14. The van der Waals surface area contributed by atoms with Crippen molar-refractivity contribution in [2.24, 2.45) is 5.92 Å². The highest BCUT2D eigenvalue weighted by Crippen LogP contribution is 2.56. The van der Waals surface area contributed by atoms with Crippen LogP contribution in [0.2, 0.25) is 0 Å². The molecule has 100 valence electrons. The first-order valence-electron chi connectivity index (χ1n) is 6.59. The average molecular weight is 249 g/mol. The standard InChI is InChI=1S/C15H23NO2/c1-5-16-10-11-9-15(11,2)13-7-6-12(17-3)8-14(13)18-4/h6-8,11,16H,5,9-10H2,1-4H3. The Morgan fingerprint density at radius 3 is 2.72 bits per heavy atom. The summed E-state index contributed by atoms with van der Waals surface area (Å²) in [7, 11) is 3.41. The number of hydrogen-bond acceptors (Lipinski definition) is 3. The van der Waals surface area contributed by atoms with E-state index in [9.17, 15) is 0 Å². The van der Waals surface area contributed by atoms with Crippen molar-refractivity contribution in [2.45, 2.75) is 25.7 Å². The van der Waals surface area contributed by atoms with Crippen LogP contribution < -0.4 is 14.8 Å². The maximum atomic E-state index is 5.51. The van der Waals surface area contributed by atoms with Gasteiger partial charge in [-0.15, -0.1) is 0 Å². The van der Waals surface area contributed by atoms with Crippen molar-refractivity contribution in [3.05, 3.63) is 23.8 Å². The summed E-state index contributed by atoms with van der Waals surface area (Å²) in [5.74, 6) is 2.50. The van der Waals surface area contributed by atoms with Gasteiger partial charge in [-0.05, 0) is 31.5 Å². The van der Waals surface area contributed by atoms with Crippen LogP contribution in [-0.2, 0) is 5.41 Å². The third-order valence-electron chi connectivity index (χ3n) is 4.08. The monoisotopic (exact) mass is 249 g/mol. The van der Waals surface area contributed by atoms with Crippen molar-refractivity contribution in [1.29, 1.82) is 0 Å². The van der Waals surface area contributed by atoms with Gasteiger partial charge in [-0.3, -0.25) is 0 Å². The van der Waals surface area contributed by atoms with Gasteiger partial charge in [-0.1, -0.05) is 19.9 Å². The highest BCUT2D eigenvalue weighted by atomic mass is 16.5. The number of nitrogens with one attached hydrogen (secondary N) is 1. The first-order chi connectivity index (χ1) is 8.65. The van der Waals surface area contributed by atoms with E-state index in [-0.39, 0.29) is 5.41 Å². The van der Waals surface area contributed by atoms with Gasteiger partial charge in [0.05, 0.1) is 14.2 Å². The van der Waals surface area contributed by atoms with Gasteiger partial charge in [0.25, 0.3) is 0 Å². The third-order valence-corrected chi connectivity index (χ3v) is 4.08. The van der Waals surface area contributed by atoms with Gasteiger partial charge < -0.3 is 14.8 Å². The van der Waals surface area contributed by atoms with Gasteiger partial charge in [0, 0.05) is 17.0 Å². The zero-order chi connectivity index (χ0) is 13.2. The van der Waals surface area contributed by atoms with Crippen LogP contribution in [-0.4, -0.2) is 27.3 Å². The molecule has 2 atom stereocenters. The van der Waals surface area contributed by atoms with E-state index in [1.165, 1.54) is 12.0 Å². The fourth-order valence-electron chi connectivity index (χ4n) is 2.67. The largest absolute Gasteiger partial charge is 0.497 e. The van der Waals surface area contributed by atoms with Crippen LogP contribution in [0.15, 0.2) is 18.2 Å². The molecule has 0 saturated heterocycles. The molecule has 2 rings (SSSR count). The van der Waals surface area contributed by atoms with Gasteiger partial charge in [-0.2, -0.15) is 0 Å². The minimum Gasteiger partial charge on any atom is -0.497 e. The second kappa shape index (κ2) is 5.19. The highest BCUT2D eigenvalue weighted by molar-refractivity contribution is 5.48. The van der Waals surface area contributed by atoms with Crippen molar-refractivity contribution in [3.63, 3.8) is 0 Å². The number of hydrogen-bond donors (Lipinski definition) is 1. The molecule has 0 spiro atoms. The predicted molar refractivity (Wildman–Crippen MR) is 73.5 cm³/mol. The molecule has 3 nitrogen and oxygen atoms in total. The molecule has 0 aliphatic heterocycles. The molecule has 1 saturated carbocycles. The number of ether oxygens (including phenoxy) is 2. The number of rotatable bonds is 6. The quantitative estimate of drug-likeness (QED) is 0.840. The van der Waals surface area contributed by atoms with E-state index in [0.717, 1.165) is 24.6 Å². The Labute approximate surface area is 109 Å². The lowest BCUT2D eigenvalue weighted by molar-refractivity contribution is 0.386. The summed E-state index contributed by atoms with van der Waals surface area (Å²) < 4.78 is 10.8. The Bertz CT molecular complexity index is 419. The van der Waals surface area contributed by atoms with E-state index in [1.807, 2.05) is 12.1 Å². The highest BCUT2D eigenvalue weighted by Gasteiger charge is 2.51. The molecule has 0 bridgehead atoms. The van der Waals surface area contributed by atoms with Crippen molar-refractivity contribution in [3.8, 4) is 11.5 Å². The van der Waals surface area contributed by atoms with Crippen LogP contribution in [0.5, 0.6) is 11.5 Å². The van der Waals surface area contributed by atoms with E-state index in [1.54, 1.807) is 14.2 Å². The zero-order valence-electron chi connectivity index (χ0n) is 11.7. The molecule has 2 unspecified atom stereocenters. The van der Waals surface area contributed by atoms with Crippen LogP contribution in [0.25, 0.3) is 0 Å². The lowest BCUT2D eigenvalue weighted by Crippen LogP contribution is -2.20. The van der Waals surface area contributed by atoms with E-state index >= 15 is 0 Å². The fraction of sp³-hybridized carbons (Fsp3) is 0.600. The molecule has 0 radical (unpaired) electrons. The summed E-state index contributed by atoms with van der Waals surface area (Å²) in [6.45, 7) is 6.58. The Hall–Kier alpha value is -1.22. The smallest absolute Gasteiger partial charge is 0.126 e. The van der Waals surface area contributed by atoms with E-state index in [2.05, 4.69) is 25.2 Å². The lowest BCUT2D eigenvalue weighted by atomic mass is 9.94. The van der Waals surface area contributed by atoms with Crippen LogP contribution in [0.3, 0.4) is 0 Å². The Balaban J connectivity index is 2.18. The van der Waals surface area contributed by atoms with Gasteiger partial charge >= 0.3 is 0 Å². The molecule has 0 amide bonds. The molecule has 3 heteroatoms. The molecule has 1 fully saturated rings. The predicted octanol–water partition coefficient (Wildman–Crippen LogP) is 2.59. The Morgan fingerprint density at radius 2 is 2.11 bits per heavy atom. The van der Waals surface area contributed by atoms with Crippen molar-refractivity contribution >= 4 is 0 Å². The summed E-state index contributed by atoms with van der Waals surface area (Å²) in [4.78, 5) is 0. The van der Waals surface area contributed by atoms with E-state index in [4.69, 9.17) is 9.47 Å². The van der Waals surface area contributed by atoms with Crippen molar-refractivity contribution < 1.29 is 9.47 Å². The molecule has 0 aromatic heterocycles. The molecule has 1 aromatic rings. The summed E-state index contributed by atoms with van der Waals surface area (Å²) in [6.07, 6.45) is 1.22. The van der Waals surface area contributed by atoms with Gasteiger partial charge in [-0.25, -0.2) is 0 Å². The topological polar surface area (TPSA) is 30.5 Å². The second-order valence-electron chi connectivity index (χ2n) is 5.19. The Kier molecular flexibility index (Phi) is 3.81. The lowest BCUT2D eigenvalue weighted by Gasteiger charge is -2.17. The SMILES string of the molecule is CCNCC1CC1(C)c1ccc(OC)cc1OC. The fourth-order valence-corrected chi connectivity index (χ4v) is 2.67. The molecular formula is C15H23NO2. The first-order valence-corrected chi connectivity index (χ1v) is 6.59. The molecule has 1 N–H and O–H groups in total. The van der Waals surface area contributed by atoms with E-state index in [0.29, 0.717) is 5.92 Å². The average Bonchev–Trinajstić information content (AvgIpc) is 3.07. The summed E-state index contributed by atoms with van der Waals surface area (Å²) >= 11 is 0. The molecule has 0 heterocycles. The Morgan fingerprint density at radius 1 is 1.33 bits per heavy atom.